The lowest BCUT2D eigenvalue weighted by Crippen LogP contribution is -2.34. The van der Waals surface area contributed by atoms with Crippen LogP contribution in [0.25, 0.3) is 11.1 Å². The van der Waals surface area contributed by atoms with Gasteiger partial charge in [0.25, 0.3) is 0 Å². The van der Waals surface area contributed by atoms with Gasteiger partial charge in [-0.1, -0.05) is 49.7 Å². The number of aromatic nitrogens is 1. The van der Waals surface area contributed by atoms with Gasteiger partial charge in [-0.15, -0.1) is 0 Å². The van der Waals surface area contributed by atoms with Gasteiger partial charge >= 0.3 is 6.09 Å². The fourth-order valence-electron chi connectivity index (χ4n) is 5.12. The zero-order valence-corrected chi connectivity index (χ0v) is 27.4. The van der Waals surface area contributed by atoms with Crippen LogP contribution in [0, 0.1) is 23.7 Å². The summed E-state index contributed by atoms with van der Waals surface area (Å²) in [6.07, 6.45) is 2.35. The molecule has 1 amide bonds. The second kappa shape index (κ2) is 15.1. The summed E-state index contributed by atoms with van der Waals surface area (Å²) in [7, 11) is 0. The van der Waals surface area contributed by atoms with Gasteiger partial charge in [-0.05, 0) is 53.4 Å². The molecule has 4 aromatic rings. The summed E-state index contributed by atoms with van der Waals surface area (Å²) >= 11 is 6.76. The Kier molecular flexibility index (Phi) is 10.7. The number of hydrogen-bond donors (Lipinski definition) is 2. The highest BCUT2D eigenvalue weighted by Gasteiger charge is 2.21. The number of rotatable bonds is 13. The van der Waals surface area contributed by atoms with Crippen LogP contribution in [-0.2, 0) is 24.5 Å². The van der Waals surface area contributed by atoms with Crippen molar-refractivity contribution in [2.24, 2.45) is 11.1 Å². The van der Waals surface area contributed by atoms with E-state index >= 15 is 0 Å². The van der Waals surface area contributed by atoms with E-state index in [2.05, 4.69) is 29.4 Å². The Labute approximate surface area is 279 Å². The lowest BCUT2D eigenvalue weighted by Gasteiger charge is -2.24. The van der Waals surface area contributed by atoms with Gasteiger partial charge in [0.05, 0.1) is 17.2 Å². The molecule has 1 aromatic heterocycles. The van der Waals surface area contributed by atoms with E-state index in [9.17, 15) is 10.1 Å². The van der Waals surface area contributed by atoms with Crippen LogP contribution in [0.3, 0.4) is 0 Å². The highest BCUT2D eigenvalue weighted by molar-refractivity contribution is 6.32. The Hall–Kier alpha value is -4.98. The van der Waals surface area contributed by atoms with Gasteiger partial charge in [-0.25, -0.2) is 4.79 Å². The molecular formula is C36H37ClN4O6. The fourth-order valence-corrected chi connectivity index (χ4v) is 5.36. The first-order valence-corrected chi connectivity index (χ1v) is 15.5. The Balaban J connectivity index is 1.34. The van der Waals surface area contributed by atoms with Crippen LogP contribution in [0.2, 0.25) is 5.02 Å². The van der Waals surface area contributed by atoms with Gasteiger partial charge in [0.2, 0.25) is 0 Å². The number of nitrogens with one attached hydrogen (secondary N) is 1. The molecule has 5 rings (SSSR count). The quantitative estimate of drug-likeness (QED) is 0.161. The molecule has 0 saturated heterocycles. The van der Waals surface area contributed by atoms with Crippen molar-refractivity contribution in [2.45, 2.75) is 40.5 Å². The van der Waals surface area contributed by atoms with Crippen LogP contribution < -0.4 is 30.0 Å². The molecule has 0 spiro atoms. The first kappa shape index (κ1) is 33.4. The molecule has 47 heavy (non-hydrogen) atoms. The predicted molar refractivity (Wildman–Crippen MR) is 178 cm³/mol. The minimum absolute atomic E-state index is 0.170. The van der Waals surface area contributed by atoms with Crippen molar-refractivity contribution >= 4 is 17.7 Å². The number of amides is 1. The molecular weight excluding hydrogens is 620 g/mol. The Morgan fingerprint density at radius 2 is 1.81 bits per heavy atom. The number of ether oxygens (including phenoxy) is 5. The Bertz CT molecular complexity index is 1790. The number of carbonyl (C=O) groups excluding carboxylic acids is 1. The summed E-state index contributed by atoms with van der Waals surface area (Å²) in [4.78, 5) is 15.2. The van der Waals surface area contributed by atoms with Crippen molar-refractivity contribution in [3.63, 3.8) is 0 Å². The number of halogens is 1. The van der Waals surface area contributed by atoms with E-state index in [1.165, 1.54) is 6.20 Å². The molecule has 0 bridgehead atoms. The zero-order chi connectivity index (χ0) is 33.4. The number of pyridine rings is 1. The van der Waals surface area contributed by atoms with Crippen LogP contribution in [-0.4, -0.2) is 37.4 Å². The minimum Gasteiger partial charge on any atom is -0.488 e. The number of carbonyl (C=O) groups is 1. The summed E-state index contributed by atoms with van der Waals surface area (Å²) in [6, 6.07) is 19.5. The lowest BCUT2D eigenvalue weighted by molar-refractivity contribution is 0.105. The Morgan fingerprint density at radius 3 is 2.60 bits per heavy atom. The maximum absolute atomic E-state index is 11.1. The first-order chi connectivity index (χ1) is 22.6. The largest absolute Gasteiger partial charge is 0.488 e. The third-order valence-electron chi connectivity index (χ3n) is 7.64. The highest BCUT2D eigenvalue weighted by atomic mass is 35.5. The normalized spacial score (nSPS) is 12.2. The number of nitriles is 1. The summed E-state index contributed by atoms with van der Waals surface area (Å²) in [5, 5.41) is 13.1. The third-order valence-corrected chi connectivity index (χ3v) is 7.94. The smallest absolute Gasteiger partial charge is 0.404 e. The molecule has 0 saturated carbocycles. The van der Waals surface area contributed by atoms with Crippen molar-refractivity contribution in [1.82, 2.24) is 10.3 Å². The van der Waals surface area contributed by atoms with Crippen LogP contribution in [0.5, 0.6) is 23.0 Å². The summed E-state index contributed by atoms with van der Waals surface area (Å²) < 4.78 is 29.0. The molecule has 0 fully saturated rings. The first-order valence-electron chi connectivity index (χ1n) is 15.2. The van der Waals surface area contributed by atoms with Gasteiger partial charge in [0.1, 0.15) is 44.0 Å². The molecule has 244 valence electrons. The van der Waals surface area contributed by atoms with Crippen LogP contribution in [0.1, 0.15) is 41.7 Å². The molecule has 3 aromatic carbocycles. The number of benzene rings is 3. The van der Waals surface area contributed by atoms with Crippen molar-refractivity contribution < 1.29 is 28.5 Å². The van der Waals surface area contributed by atoms with E-state index in [1.54, 1.807) is 18.3 Å². The van der Waals surface area contributed by atoms with E-state index in [0.717, 1.165) is 44.9 Å². The van der Waals surface area contributed by atoms with E-state index < -0.39 is 6.09 Å². The topological polar surface area (TPSA) is 138 Å². The SMILES string of the molecule is Cc1c(COc2cc(OCc3cncc(C#N)c3)c(CNCC(C)(C)COC(N)=O)cc2Cl)cccc1-c1ccc2c(c1)OCCO2. The predicted octanol–water partition coefficient (Wildman–Crippen LogP) is 6.72. The summed E-state index contributed by atoms with van der Waals surface area (Å²) in [5.41, 5.74) is 10.9. The van der Waals surface area contributed by atoms with Crippen LogP contribution in [0.15, 0.2) is 67.0 Å². The molecule has 0 radical (unpaired) electrons. The average molecular weight is 657 g/mol. The molecule has 1 aliphatic heterocycles. The molecule has 11 heteroatoms. The number of hydrogen-bond acceptors (Lipinski definition) is 9. The highest BCUT2D eigenvalue weighted by Crippen LogP contribution is 2.37. The average Bonchev–Trinajstić information content (AvgIpc) is 3.07. The van der Waals surface area contributed by atoms with Gasteiger partial charge in [-0.2, -0.15) is 5.26 Å². The number of fused-ring (bicyclic) bond motifs is 1. The van der Waals surface area contributed by atoms with Crippen molar-refractivity contribution in [2.75, 3.05) is 26.4 Å². The van der Waals surface area contributed by atoms with Crippen LogP contribution in [0.4, 0.5) is 4.79 Å². The van der Waals surface area contributed by atoms with Gasteiger partial charge in [0.15, 0.2) is 11.5 Å². The maximum atomic E-state index is 11.1. The number of nitrogens with zero attached hydrogens (tertiary/aromatic N) is 2. The van der Waals surface area contributed by atoms with Crippen molar-refractivity contribution in [3.05, 3.63) is 99.8 Å². The number of nitrogens with two attached hydrogens (primary N) is 1. The zero-order valence-electron chi connectivity index (χ0n) is 26.6. The van der Waals surface area contributed by atoms with Crippen molar-refractivity contribution in [3.8, 4) is 40.2 Å². The molecule has 1 aliphatic rings. The van der Waals surface area contributed by atoms with Gasteiger partial charge < -0.3 is 34.7 Å². The molecule has 10 nitrogen and oxygen atoms in total. The van der Waals surface area contributed by atoms with Gasteiger partial charge in [0, 0.05) is 48.1 Å². The third kappa shape index (κ3) is 8.85. The molecule has 0 unspecified atom stereocenters. The lowest BCUT2D eigenvalue weighted by atomic mass is 9.95. The molecule has 2 heterocycles. The van der Waals surface area contributed by atoms with E-state index in [0.29, 0.717) is 48.4 Å². The standard InChI is InChI=1S/C36H37ClN4O6/c1-23-27(5-4-6-29(23)26-7-8-31-34(13-26)44-10-9-43-31)20-46-33-14-32(45-19-25-11-24(15-38)16-40-17-25)28(12-30(33)37)18-41-21-36(2,3)22-47-35(39)42/h4-8,11-14,16-17,41H,9-10,18-22H2,1-3H3,(H2,39,42). The van der Waals surface area contributed by atoms with E-state index in [-0.39, 0.29) is 25.2 Å². The maximum Gasteiger partial charge on any atom is 0.404 e. The second-order valence-corrected chi connectivity index (χ2v) is 12.4. The summed E-state index contributed by atoms with van der Waals surface area (Å²) in [6.45, 7) is 8.65. The minimum atomic E-state index is -0.809. The van der Waals surface area contributed by atoms with Crippen molar-refractivity contribution in [1.29, 1.82) is 5.26 Å². The molecule has 0 atom stereocenters. The van der Waals surface area contributed by atoms with Crippen LogP contribution >= 0.6 is 11.6 Å². The number of primary amides is 1. The molecule has 0 aliphatic carbocycles. The summed E-state index contributed by atoms with van der Waals surface area (Å²) in [5.74, 6) is 2.51. The fraction of sp³-hybridized carbons (Fsp3) is 0.306. The molecule has 3 N–H and O–H groups in total. The second-order valence-electron chi connectivity index (χ2n) is 12.0. The monoisotopic (exact) mass is 656 g/mol. The van der Waals surface area contributed by atoms with E-state index in [1.807, 2.05) is 50.2 Å². The van der Waals surface area contributed by atoms with Gasteiger partial charge in [-0.3, -0.25) is 4.98 Å². The Morgan fingerprint density at radius 1 is 1.02 bits per heavy atom. The van der Waals surface area contributed by atoms with E-state index in [4.69, 9.17) is 41.0 Å².